The molecule has 0 amide bonds. The van der Waals surface area contributed by atoms with E-state index in [1.54, 1.807) is 0 Å². The Morgan fingerprint density at radius 3 is 2.44 bits per heavy atom. The highest BCUT2D eigenvalue weighted by Gasteiger charge is 2.34. The van der Waals surface area contributed by atoms with E-state index in [0.717, 1.165) is 6.07 Å². The van der Waals surface area contributed by atoms with Crippen molar-refractivity contribution in [3.05, 3.63) is 35.1 Å². The fourth-order valence-electron chi connectivity index (χ4n) is 1.22. The number of ether oxygens (including phenoxy) is 1. The molecule has 1 aromatic carbocycles. The van der Waals surface area contributed by atoms with Crippen molar-refractivity contribution in [2.75, 3.05) is 13.7 Å². The number of aliphatic hydroxyl groups excluding tert-OH is 1. The van der Waals surface area contributed by atoms with E-state index < -0.39 is 23.7 Å². The second-order valence-electron chi connectivity index (χ2n) is 3.21. The van der Waals surface area contributed by atoms with Gasteiger partial charge in [0.1, 0.15) is 11.9 Å². The summed E-state index contributed by atoms with van der Waals surface area (Å²) >= 11 is 0. The first-order valence-electron chi connectivity index (χ1n) is 4.40. The Morgan fingerprint density at radius 1 is 1.38 bits per heavy atom. The van der Waals surface area contributed by atoms with E-state index in [2.05, 4.69) is 4.74 Å². The lowest BCUT2D eigenvalue weighted by Gasteiger charge is -2.12. The van der Waals surface area contributed by atoms with Crippen LogP contribution in [0.2, 0.25) is 0 Å². The van der Waals surface area contributed by atoms with E-state index in [1.807, 2.05) is 0 Å². The maximum absolute atomic E-state index is 13.1. The topological polar surface area (TPSA) is 29.5 Å². The fraction of sp³-hybridized carbons (Fsp3) is 0.400. The molecule has 0 aromatic heterocycles. The number of hydrogen-bond donors (Lipinski definition) is 1. The zero-order valence-electron chi connectivity index (χ0n) is 8.38. The van der Waals surface area contributed by atoms with Crippen LogP contribution in [-0.2, 0) is 10.9 Å². The van der Waals surface area contributed by atoms with Crippen molar-refractivity contribution < 1.29 is 27.4 Å². The summed E-state index contributed by atoms with van der Waals surface area (Å²) in [5, 5.41) is 9.37. The van der Waals surface area contributed by atoms with E-state index >= 15 is 0 Å². The molecule has 0 bridgehead atoms. The highest BCUT2D eigenvalue weighted by atomic mass is 19.4. The van der Waals surface area contributed by atoms with E-state index in [0.29, 0.717) is 12.1 Å². The van der Waals surface area contributed by atoms with Gasteiger partial charge in [0.2, 0.25) is 0 Å². The molecule has 1 aromatic rings. The number of rotatable bonds is 3. The molecule has 0 aliphatic carbocycles. The summed E-state index contributed by atoms with van der Waals surface area (Å²) in [5.74, 6) is -1.40. The van der Waals surface area contributed by atoms with Gasteiger partial charge in [-0.2, -0.15) is 13.2 Å². The number of halogens is 4. The molecule has 0 aliphatic rings. The minimum absolute atomic E-state index is 0.0485. The largest absolute Gasteiger partial charge is 0.419 e. The lowest BCUT2D eigenvalue weighted by molar-refractivity contribution is -0.140. The van der Waals surface area contributed by atoms with E-state index in [9.17, 15) is 22.7 Å². The smallest absolute Gasteiger partial charge is 0.386 e. The average Bonchev–Trinajstić information content (AvgIpc) is 2.16. The molecule has 0 aliphatic heterocycles. The normalized spacial score (nSPS) is 13.9. The molecule has 0 fully saturated rings. The monoisotopic (exact) mass is 238 g/mol. The Balaban J connectivity index is 3.00. The van der Waals surface area contributed by atoms with Crippen molar-refractivity contribution in [3.8, 4) is 0 Å². The van der Waals surface area contributed by atoms with Gasteiger partial charge in [0.15, 0.2) is 0 Å². The second kappa shape index (κ2) is 4.80. The van der Waals surface area contributed by atoms with E-state index in [4.69, 9.17) is 0 Å². The summed E-state index contributed by atoms with van der Waals surface area (Å²) in [6.07, 6.45) is -5.86. The van der Waals surface area contributed by atoms with Crippen molar-refractivity contribution in [1.82, 2.24) is 0 Å². The predicted molar refractivity (Wildman–Crippen MR) is 48.2 cm³/mol. The zero-order valence-corrected chi connectivity index (χ0v) is 8.38. The van der Waals surface area contributed by atoms with Crippen LogP contribution in [0.4, 0.5) is 17.6 Å². The van der Waals surface area contributed by atoms with Crippen LogP contribution in [0.25, 0.3) is 0 Å². The Kier molecular flexibility index (Phi) is 3.88. The van der Waals surface area contributed by atoms with Crippen molar-refractivity contribution in [2.45, 2.75) is 12.3 Å². The molecule has 2 nitrogen and oxygen atoms in total. The van der Waals surface area contributed by atoms with Crippen molar-refractivity contribution in [3.63, 3.8) is 0 Å². The van der Waals surface area contributed by atoms with Gasteiger partial charge < -0.3 is 9.84 Å². The molecule has 0 spiro atoms. The standard InChI is InChI=1S/C10H10F4O2/c1-16-5-9(15)6-2-3-7(8(11)4-6)10(12,13)14/h2-4,9,15H,5H2,1H3. The van der Waals surface area contributed by atoms with Crippen LogP contribution < -0.4 is 0 Å². The maximum atomic E-state index is 13.1. The van der Waals surface area contributed by atoms with Crippen LogP contribution in [-0.4, -0.2) is 18.8 Å². The van der Waals surface area contributed by atoms with Crippen LogP contribution in [0, 0.1) is 5.82 Å². The number of methoxy groups -OCH3 is 1. The molecular formula is C10H10F4O2. The minimum Gasteiger partial charge on any atom is -0.386 e. The molecule has 0 saturated carbocycles. The molecule has 0 saturated heterocycles. The van der Waals surface area contributed by atoms with Gasteiger partial charge >= 0.3 is 6.18 Å². The SMILES string of the molecule is COCC(O)c1ccc(C(F)(F)F)c(F)c1. The summed E-state index contributed by atoms with van der Waals surface area (Å²) in [5.41, 5.74) is -1.30. The quantitative estimate of drug-likeness (QED) is 0.820. The van der Waals surface area contributed by atoms with Crippen molar-refractivity contribution >= 4 is 0 Å². The maximum Gasteiger partial charge on any atom is 0.419 e. The van der Waals surface area contributed by atoms with Gasteiger partial charge in [-0.25, -0.2) is 4.39 Å². The highest BCUT2D eigenvalue weighted by molar-refractivity contribution is 5.27. The molecular weight excluding hydrogens is 228 g/mol. The van der Waals surface area contributed by atoms with Crippen molar-refractivity contribution in [2.24, 2.45) is 0 Å². The number of alkyl halides is 3. The Morgan fingerprint density at radius 2 is 2.00 bits per heavy atom. The second-order valence-corrected chi connectivity index (χ2v) is 3.21. The molecule has 1 N–H and O–H groups in total. The fourth-order valence-corrected chi connectivity index (χ4v) is 1.22. The van der Waals surface area contributed by atoms with E-state index in [1.165, 1.54) is 7.11 Å². The van der Waals surface area contributed by atoms with Crippen LogP contribution in [0.3, 0.4) is 0 Å². The minimum atomic E-state index is -4.73. The van der Waals surface area contributed by atoms with Crippen LogP contribution in [0.5, 0.6) is 0 Å². The number of aliphatic hydroxyl groups is 1. The molecule has 6 heteroatoms. The molecule has 1 atom stereocenters. The van der Waals surface area contributed by atoms with Crippen molar-refractivity contribution in [1.29, 1.82) is 0 Å². The molecule has 0 heterocycles. The van der Waals surface area contributed by atoms with Gasteiger partial charge in [-0.15, -0.1) is 0 Å². The first-order chi connectivity index (χ1) is 7.36. The summed E-state index contributed by atoms with van der Waals surface area (Å²) in [7, 11) is 1.32. The van der Waals surface area contributed by atoms with Gasteiger partial charge in [0, 0.05) is 7.11 Å². The zero-order chi connectivity index (χ0) is 12.3. The van der Waals surface area contributed by atoms with Gasteiger partial charge in [0.25, 0.3) is 0 Å². The number of benzene rings is 1. The summed E-state index contributed by atoms with van der Waals surface area (Å²) in [4.78, 5) is 0. The first-order valence-corrected chi connectivity index (χ1v) is 4.40. The summed E-state index contributed by atoms with van der Waals surface area (Å²) in [6, 6.07) is 2.28. The summed E-state index contributed by atoms with van der Waals surface area (Å²) < 4.78 is 54.3. The number of hydrogen-bond acceptors (Lipinski definition) is 2. The lowest BCUT2D eigenvalue weighted by atomic mass is 10.1. The Labute approximate surface area is 89.5 Å². The van der Waals surface area contributed by atoms with Gasteiger partial charge in [-0.05, 0) is 17.7 Å². The van der Waals surface area contributed by atoms with Gasteiger partial charge in [-0.3, -0.25) is 0 Å². The highest BCUT2D eigenvalue weighted by Crippen LogP contribution is 2.32. The van der Waals surface area contributed by atoms with Gasteiger partial charge in [0.05, 0.1) is 12.2 Å². The average molecular weight is 238 g/mol. The summed E-state index contributed by atoms with van der Waals surface area (Å²) in [6.45, 7) is -0.106. The molecule has 0 radical (unpaired) electrons. The van der Waals surface area contributed by atoms with Crippen LogP contribution in [0.1, 0.15) is 17.2 Å². The molecule has 16 heavy (non-hydrogen) atoms. The Bertz CT molecular complexity index is 362. The third kappa shape index (κ3) is 2.93. The Hall–Kier alpha value is -1.14. The third-order valence-corrected chi connectivity index (χ3v) is 2.01. The molecule has 90 valence electrons. The van der Waals surface area contributed by atoms with Gasteiger partial charge in [-0.1, -0.05) is 6.07 Å². The molecule has 1 unspecified atom stereocenters. The van der Waals surface area contributed by atoms with E-state index in [-0.39, 0.29) is 12.2 Å². The molecule has 1 rings (SSSR count). The predicted octanol–water partition coefficient (Wildman–Crippen LogP) is 2.52. The van der Waals surface area contributed by atoms with Crippen LogP contribution in [0.15, 0.2) is 18.2 Å². The van der Waals surface area contributed by atoms with Crippen LogP contribution >= 0.6 is 0 Å². The lowest BCUT2D eigenvalue weighted by Crippen LogP contribution is -2.10. The first kappa shape index (κ1) is 12.9. The third-order valence-electron chi connectivity index (χ3n) is 2.01.